The van der Waals surface area contributed by atoms with E-state index in [-0.39, 0.29) is 28.2 Å². The molecule has 0 aromatic heterocycles. The molecule has 0 aliphatic heterocycles. The number of rotatable bonds is 4. The summed E-state index contributed by atoms with van der Waals surface area (Å²) < 4.78 is 0. The molecule has 0 N–H and O–H groups in total. The minimum absolute atomic E-state index is 0.0495. The lowest BCUT2D eigenvalue weighted by Crippen LogP contribution is -2.03. The first-order chi connectivity index (χ1) is 7.02. The molecule has 0 saturated heterocycles. The number of non-ortho nitro benzene ring substituents is 1. The predicted molar refractivity (Wildman–Crippen MR) is 60.6 cm³/mol. The molecule has 4 nitrogen and oxygen atoms in total. The van der Waals surface area contributed by atoms with E-state index in [2.05, 4.69) is 15.9 Å². The van der Waals surface area contributed by atoms with E-state index in [0.717, 1.165) is 0 Å². The molecule has 0 spiro atoms. The average molecular weight is 293 g/mol. The number of ketones is 1. The Labute approximate surface area is 99.5 Å². The molecule has 0 radical (unpaired) electrons. The van der Waals surface area contributed by atoms with Crippen molar-refractivity contribution in [2.75, 3.05) is 5.33 Å². The molecule has 0 unspecified atom stereocenters. The number of hydrogen-bond acceptors (Lipinski definition) is 3. The van der Waals surface area contributed by atoms with Crippen LogP contribution in [0.25, 0.3) is 0 Å². The van der Waals surface area contributed by atoms with Gasteiger partial charge in [0.25, 0.3) is 5.69 Å². The van der Waals surface area contributed by atoms with Crippen LogP contribution in [0.15, 0.2) is 18.2 Å². The normalized spacial score (nSPS) is 10.0. The molecule has 80 valence electrons. The van der Waals surface area contributed by atoms with Gasteiger partial charge in [0.2, 0.25) is 0 Å². The van der Waals surface area contributed by atoms with Gasteiger partial charge in [-0.15, -0.1) is 0 Å². The molecule has 15 heavy (non-hydrogen) atoms. The zero-order valence-electron chi connectivity index (χ0n) is 7.57. The van der Waals surface area contributed by atoms with Gasteiger partial charge in [-0.1, -0.05) is 27.5 Å². The van der Waals surface area contributed by atoms with E-state index in [1.165, 1.54) is 12.1 Å². The van der Waals surface area contributed by atoms with Crippen molar-refractivity contribution in [1.82, 2.24) is 0 Å². The van der Waals surface area contributed by atoms with Crippen molar-refractivity contribution >= 4 is 39.0 Å². The Bertz CT molecular complexity index is 408. The fraction of sp³-hybridized carbons (Fsp3) is 0.222. The lowest BCUT2D eigenvalue weighted by atomic mass is 10.1. The summed E-state index contributed by atoms with van der Waals surface area (Å²) in [5.41, 5.74) is 0.457. The highest BCUT2D eigenvalue weighted by molar-refractivity contribution is 9.09. The zero-order valence-corrected chi connectivity index (χ0v) is 9.92. The van der Waals surface area contributed by atoms with Gasteiger partial charge in [-0.25, -0.2) is 0 Å². The molecular formula is C9H7BrClNO3. The van der Waals surface area contributed by atoms with E-state index in [4.69, 9.17) is 11.6 Å². The minimum Gasteiger partial charge on any atom is -0.298 e. The Morgan fingerprint density at radius 1 is 1.47 bits per heavy atom. The third kappa shape index (κ3) is 3.60. The number of alkyl halides is 1. The summed E-state index contributed by atoms with van der Waals surface area (Å²) in [6.45, 7) is 0. The van der Waals surface area contributed by atoms with Crippen LogP contribution in [-0.4, -0.2) is 16.0 Å². The summed E-state index contributed by atoms with van der Waals surface area (Å²) in [5.74, 6) is -0.0495. The minimum atomic E-state index is -0.534. The topological polar surface area (TPSA) is 60.2 Å². The van der Waals surface area contributed by atoms with E-state index >= 15 is 0 Å². The number of nitro groups is 1. The average Bonchev–Trinajstić information content (AvgIpc) is 2.16. The standard InChI is InChI=1S/C9H7BrClNO3/c10-5-9(13)3-6-1-7(11)4-8(2-6)12(14)15/h1-2,4H,3,5H2. The molecule has 0 bridgehead atoms. The lowest BCUT2D eigenvalue weighted by molar-refractivity contribution is -0.384. The van der Waals surface area contributed by atoms with E-state index < -0.39 is 4.92 Å². The first-order valence-corrected chi connectivity index (χ1v) is 5.54. The monoisotopic (exact) mass is 291 g/mol. The second kappa shape index (κ2) is 5.23. The van der Waals surface area contributed by atoms with Gasteiger partial charge in [0.15, 0.2) is 0 Å². The summed E-state index contributed by atoms with van der Waals surface area (Å²) >= 11 is 8.72. The van der Waals surface area contributed by atoms with Crippen molar-refractivity contribution in [3.8, 4) is 0 Å². The maximum atomic E-state index is 11.1. The van der Waals surface area contributed by atoms with Crippen LogP contribution < -0.4 is 0 Å². The largest absolute Gasteiger partial charge is 0.298 e. The fourth-order valence-corrected chi connectivity index (χ4v) is 1.57. The number of halogens is 2. The molecule has 0 amide bonds. The van der Waals surface area contributed by atoms with E-state index in [0.29, 0.717) is 5.56 Å². The Morgan fingerprint density at radius 2 is 2.13 bits per heavy atom. The summed E-state index contributed by atoms with van der Waals surface area (Å²) in [5, 5.41) is 11.0. The quantitative estimate of drug-likeness (QED) is 0.487. The van der Waals surface area contributed by atoms with Crippen LogP contribution in [0.5, 0.6) is 0 Å². The second-order valence-corrected chi connectivity index (χ2v) is 3.92. The second-order valence-electron chi connectivity index (χ2n) is 2.92. The number of carbonyl (C=O) groups excluding carboxylic acids is 1. The van der Waals surface area contributed by atoms with Crippen LogP contribution in [-0.2, 0) is 11.2 Å². The molecule has 0 saturated carbocycles. The van der Waals surface area contributed by atoms with E-state index in [9.17, 15) is 14.9 Å². The van der Waals surface area contributed by atoms with Crippen LogP contribution >= 0.6 is 27.5 Å². The van der Waals surface area contributed by atoms with Crippen molar-refractivity contribution < 1.29 is 9.72 Å². The highest BCUT2D eigenvalue weighted by atomic mass is 79.9. The predicted octanol–water partition coefficient (Wildman–Crippen LogP) is 2.75. The van der Waals surface area contributed by atoms with Gasteiger partial charge in [0.1, 0.15) is 5.78 Å². The third-order valence-corrected chi connectivity index (χ3v) is 2.55. The highest BCUT2D eigenvalue weighted by Gasteiger charge is 2.10. The Morgan fingerprint density at radius 3 is 2.67 bits per heavy atom. The van der Waals surface area contributed by atoms with Crippen molar-refractivity contribution in [2.45, 2.75) is 6.42 Å². The Hall–Kier alpha value is -0.940. The van der Waals surface area contributed by atoms with Crippen LogP contribution in [0.4, 0.5) is 5.69 Å². The van der Waals surface area contributed by atoms with E-state index in [1.54, 1.807) is 6.07 Å². The van der Waals surface area contributed by atoms with Crippen LogP contribution in [0.1, 0.15) is 5.56 Å². The van der Waals surface area contributed by atoms with Crippen molar-refractivity contribution in [2.24, 2.45) is 0 Å². The molecular weight excluding hydrogens is 285 g/mol. The van der Waals surface area contributed by atoms with Crippen LogP contribution in [0, 0.1) is 10.1 Å². The van der Waals surface area contributed by atoms with E-state index in [1.807, 2.05) is 0 Å². The number of nitro benzene ring substituents is 1. The van der Waals surface area contributed by atoms with Gasteiger partial charge in [0.05, 0.1) is 10.3 Å². The number of benzene rings is 1. The fourth-order valence-electron chi connectivity index (χ4n) is 1.12. The summed E-state index contributed by atoms with van der Waals surface area (Å²) in [6.07, 6.45) is 0.145. The van der Waals surface area contributed by atoms with Gasteiger partial charge in [-0.2, -0.15) is 0 Å². The van der Waals surface area contributed by atoms with Gasteiger partial charge >= 0.3 is 0 Å². The summed E-state index contributed by atoms with van der Waals surface area (Å²) in [4.78, 5) is 21.1. The SMILES string of the molecule is O=C(CBr)Cc1cc(Cl)cc([N+](=O)[O-])c1. The van der Waals surface area contributed by atoms with Gasteiger partial charge in [-0.05, 0) is 11.6 Å². The molecule has 0 fully saturated rings. The van der Waals surface area contributed by atoms with Crippen LogP contribution in [0.2, 0.25) is 5.02 Å². The molecule has 1 aromatic rings. The Kier molecular flexibility index (Phi) is 4.23. The number of nitrogens with zero attached hydrogens (tertiary/aromatic N) is 1. The first kappa shape index (κ1) is 12.1. The van der Waals surface area contributed by atoms with Gasteiger partial charge in [-0.3, -0.25) is 14.9 Å². The molecule has 0 heterocycles. The third-order valence-electron chi connectivity index (χ3n) is 1.70. The summed E-state index contributed by atoms with van der Waals surface area (Å²) in [7, 11) is 0. The van der Waals surface area contributed by atoms with Crippen molar-refractivity contribution in [3.05, 3.63) is 38.9 Å². The molecule has 0 atom stereocenters. The molecule has 6 heteroatoms. The zero-order chi connectivity index (χ0) is 11.4. The molecule has 0 aliphatic rings. The molecule has 1 rings (SSSR count). The number of Topliss-reactive ketones (excluding diaryl/α,β-unsaturated/α-hetero) is 1. The maximum Gasteiger partial charge on any atom is 0.271 e. The summed E-state index contributed by atoms with van der Waals surface area (Å²) in [6, 6.07) is 4.16. The first-order valence-electron chi connectivity index (χ1n) is 4.04. The lowest BCUT2D eigenvalue weighted by Gasteiger charge is -2.00. The van der Waals surface area contributed by atoms with Gasteiger partial charge < -0.3 is 0 Å². The maximum absolute atomic E-state index is 11.1. The smallest absolute Gasteiger partial charge is 0.271 e. The highest BCUT2D eigenvalue weighted by Crippen LogP contribution is 2.21. The van der Waals surface area contributed by atoms with Crippen LogP contribution in [0.3, 0.4) is 0 Å². The van der Waals surface area contributed by atoms with Gasteiger partial charge in [0, 0.05) is 23.6 Å². The van der Waals surface area contributed by atoms with Crippen molar-refractivity contribution in [3.63, 3.8) is 0 Å². The Balaban J connectivity index is 2.98. The molecule has 0 aliphatic carbocycles. The number of carbonyl (C=O) groups is 1. The number of hydrogen-bond donors (Lipinski definition) is 0. The van der Waals surface area contributed by atoms with Crippen molar-refractivity contribution in [1.29, 1.82) is 0 Å². The molecule has 1 aromatic carbocycles.